The summed E-state index contributed by atoms with van der Waals surface area (Å²) >= 11 is 0. The number of pyridine rings is 1. The molecule has 1 aliphatic heterocycles. The number of fused-ring (bicyclic) bond motifs is 1. The van der Waals surface area contributed by atoms with Gasteiger partial charge in [-0.3, -0.25) is 9.69 Å². The Bertz CT molecular complexity index is 784. The van der Waals surface area contributed by atoms with Crippen LogP contribution in [0.2, 0.25) is 0 Å². The maximum Gasteiger partial charge on any atom is 0.194 e. The second kappa shape index (κ2) is 6.10. The van der Waals surface area contributed by atoms with Crippen LogP contribution in [0.4, 0.5) is 0 Å². The molecule has 0 unspecified atom stereocenters. The van der Waals surface area contributed by atoms with Gasteiger partial charge >= 0.3 is 0 Å². The van der Waals surface area contributed by atoms with Crippen molar-refractivity contribution >= 4 is 10.9 Å². The summed E-state index contributed by atoms with van der Waals surface area (Å²) in [6.45, 7) is 12.7. The van der Waals surface area contributed by atoms with Crippen LogP contribution in [-0.2, 0) is 11.3 Å². The minimum atomic E-state index is 0.167. The molecule has 2 atom stereocenters. The Balaban J connectivity index is 2.03. The molecule has 1 fully saturated rings. The maximum absolute atomic E-state index is 13.0. The fourth-order valence-corrected chi connectivity index (χ4v) is 3.79. The Hall–Kier alpha value is -1.65. The smallest absolute Gasteiger partial charge is 0.194 e. The van der Waals surface area contributed by atoms with Crippen LogP contribution >= 0.6 is 0 Å². The van der Waals surface area contributed by atoms with E-state index in [4.69, 9.17) is 4.74 Å². The van der Waals surface area contributed by atoms with Crippen molar-refractivity contribution in [1.29, 1.82) is 0 Å². The Morgan fingerprint density at radius 3 is 2.48 bits per heavy atom. The average molecular weight is 314 g/mol. The van der Waals surface area contributed by atoms with Crippen molar-refractivity contribution in [2.24, 2.45) is 0 Å². The average Bonchev–Trinajstić information content (AvgIpc) is 2.41. The lowest BCUT2D eigenvalue weighted by atomic mass is 10.0. The topological polar surface area (TPSA) is 45.3 Å². The summed E-state index contributed by atoms with van der Waals surface area (Å²) in [7, 11) is 0. The zero-order valence-electron chi connectivity index (χ0n) is 14.7. The summed E-state index contributed by atoms with van der Waals surface area (Å²) in [5.41, 5.74) is 5.18. The summed E-state index contributed by atoms with van der Waals surface area (Å²) in [5, 5.41) is 0.825. The summed E-state index contributed by atoms with van der Waals surface area (Å²) < 4.78 is 5.79. The van der Waals surface area contributed by atoms with Crippen molar-refractivity contribution in [2.45, 2.75) is 53.4 Å². The van der Waals surface area contributed by atoms with E-state index in [2.05, 4.69) is 42.8 Å². The molecule has 2 aromatic rings. The van der Waals surface area contributed by atoms with Crippen molar-refractivity contribution in [3.8, 4) is 0 Å². The van der Waals surface area contributed by atoms with Gasteiger partial charge in [-0.25, -0.2) is 0 Å². The van der Waals surface area contributed by atoms with Crippen LogP contribution in [0.5, 0.6) is 0 Å². The first-order valence-corrected chi connectivity index (χ1v) is 8.35. The lowest BCUT2D eigenvalue weighted by Gasteiger charge is -2.35. The van der Waals surface area contributed by atoms with Crippen LogP contribution in [0, 0.1) is 20.8 Å². The molecule has 0 amide bonds. The van der Waals surface area contributed by atoms with Gasteiger partial charge in [-0.1, -0.05) is 6.07 Å². The molecule has 1 N–H and O–H groups in total. The lowest BCUT2D eigenvalue weighted by Crippen LogP contribution is -2.45. The summed E-state index contributed by atoms with van der Waals surface area (Å²) in [5.74, 6) is 0. The van der Waals surface area contributed by atoms with Gasteiger partial charge in [0.05, 0.1) is 17.7 Å². The minimum Gasteiger partial charge on any atom is -0.373 e. The number of nitrogens with one attached hydrogen (secondary N) is 1. The predicted octanol–water partition coefficient (Wildman–Crippen LogP) is 3.06. The molecule has 124 valence electrons. The lowest BCUT2D eigenvalue weighted by molar-refractivity contribution is -0.0706. The van der Waals surface area contributed by atoms with Crippen molar-refractivity contribution in [1.82, 2.24) is 9.88 Å². The van der Waals surface area contributed by atoms with E-state index < -0.39 is 0 Å². The minimum absolute atomic E-state index is 0.167. The van der Waals surface area contributed by atoms with Gasteiger partial charge in [0.1, 0.15) is 0 Å². The number of ether oxygens (including phenoxy) is 1. The molecule has 3 rings (SSSR count). The van der Waals surface area contributed by atoms with Gasteiger partial charge in [-0.15, -0.1) is 0 Å². The third kappa shape index (κ3) is 3.19. The van der Waals surface area contributed by atoms with E-state index in [1.807, 2.05) is 13.8 Å². The zero-order chi connectivity index (χ0) is 16.7. The van der Waals surface area contributed by atoms with Gasteiger partial charge in [0, 0.05) is 36.3 Å². The molecule has 1 saturated heterocycles. The van der Waals surface area contributed by atoms with E-state index in [1.165, 1.54) is 5.56 Å². The molecular formula is C19H26N2O2. The third-order valence-corrected chi connectivity index (χ3v) is 4.63. The number of aryl methyl sites for hydroxylation is 3. The van der Waals surface area contributed by atoms with Crippen LogP contribution < -0.4 is 5.43 Å². The highest BCUT2D eigenvalue weighted by Crippen LogP contribution is 2.20. The number of H-pyrrole nitrogens is 1. The fraction of sp³-hybridized carbons (Fsp3) is 0.526. The molecule has 1 aromatic carbocycles. The van der Waals surface area contributed by atoms with Crippen LogP contribution in [0.15, 0.2) is 16.9 Å². The Morgan fingerprint density at radius 1 is 1.17 bits per heavy atom. The van der Waals surface area contributed by atoms with E-state index in [0.717, 1.165) is 40.8 Å². The summed E-state index contributed by atoms with van der Waals surface area (Å²) in [6.07, 6.45) is 0.422. The van der Waals surface area contributed by atoms with Crippen LogP contribution in [-0.4, -0.2) is 35.2 Å². The van der Waals surface area contributed by atoms with Gasteiger partial charge in [0.15, 0.2) is 5.43 Å². The molecule has 0 aliphatic carbocycles. The van der Waals surface area contributed by atoms with E-state index in [0.29, 0.717) is 6.54 Å². The number of aromatic amines is 1. The maximum atomic E-state index is 13.0. The molecule has 23 heavy (non-hydrogen) atoms. The van der Waals surface area contributed by atoms with Crippen LogP contribution in [0.25, 0.3) is 10.9 Å². The molecular weight excluding hydrogens is 288 g/mol. The number of rotatable bonds is 2. The first kappa shape index (κ1) is 16.2. The van der Waals surface area contributed by atoms with E-state index in [1.54, 1.807) is 0 Å². The van der Waals surface area contributed by atoms with Gasteiger partial charge in [-0.2, -0.15) is 0 Å². The van der Waals surface area contributed by atoms with Gasteiger partial charge < -0.3 is 9.72 Å². The van der Waals surface area contributed by atoms with E-state index in [9.17, 15) is 4.79 Å². The van der Waals surface area contributed by atoms with E-state index >= 15 is 0 Å². The predicted molar refractivity (Wildman–Crippen MR) is 94.1 cm³/mol. The number of aromatic nitrogens is 1. The Morgan fingerprint density at radius 2 is 1.83 bits per heavy atom. The molecule has 4 nitrogen and oxygen atoms in total. The standard InChI is InChI=1S/C19H26N2O2/c1-11-6-12(2)18-17(7-11)20-15(5)16(19(18)22)10-21-8-13(3)23-14(4)9-21/h6-7,13-14H,8-10H2,1-5H3,(H,20,22)/t13-,14-/m0/s1. The first-order chi connectivity index (χ1) is 10.8. The van der Waals surface area contributed by atoms with Gasteiger partial charge in [-0.05, 0) is 51.8 Å². The molecule has 4 heteroatoms. The quantitative estimate of drug-likeness (QED) is 0.926. The highest BCUT2D eigenvalue weighted by molar-refractivity contribution is 5.83. The molecule has 2 heterocycles. The number of benzene rings is 1. The monoisotopic (exact) mass is 314 g/mol. The summed E-state index contributed by atoms with van der Waals surface area (Å²) in [4.78, 5) is 18.8. The van der Waals surface area contributed by atoms with Crippen LogP contribution in [0.3, 0.4) is 0 Å². The molecule has 0 spiro atoms. The SMILES string of the molecule is Cc1cc(C)c2c(=O)c(CN3C[C@H](C)O[C@@H](C)C3)c(C)[nH]c2c1. The molecule has 1 aliphatic rings. The van der Waals surface area contributed by atoms with Crippen molar-refractivity contribution in [3.05, 3.63) is 44.7 Å². The van der Waals surface area contributed by atoms with E-state index in [-0.39, 0.29) is 17.6 Å². The highest BCUT2D eigenvalue weighted by atomic mass is 16.5. The zero-order valence-corrected chi connectivity index (χ0v) is 14.7. The normalized spacial score (nSPS) is 22.7. The van der Waals surface area contributed by atoms with Gasteiger partial charge in [0.2, 0.25) is 0 Å². The van der Waals surface area contributed by atoms with Crippen LogP contribution in [0.1, 0.15) is 36.2 Å². The Kier molecular flexibility index (Phi) is 4.30. The molecule has 0 saturated carbocycles. The molecule has 0 bridgehead atoms. The second-order valence-corrected chi connectivity index (χ2v) is 7.01. The van der Waals surface area contributed by atoms with Crippen molar-refractivity contribution in [2.75, 3.05) is 13.1 Å². The molecule has 1 aromatic heterocycles. The van der Waals surface area contributed by atoms with Gasteiger partial charge in [0.25, 0.3) is 0 Å². The second-order valence-electron chi connectivity index (χ2n) is 7.01. The van der Waals surface area contributed by atoms with Crippen molar-refractivity contribution < 1.29 is 4.74 Å². The number of hydrogen-bond donors (Lipinski definition) is 1. The Labute approximate surface area is 137 Å². The first-order valence-electron chi connectivity index (χ1n) is 8.35. The number of nitrogens with zero attached hydrogens (tertiary/aromatic N) is 1. The largest absolute Gasteiger partial charge is 0.373 e. The number of hydrogen-bond acceptors (Lipinski definition) is 3. The highest BCUT2D eigenvalue weighted by Gasteiger charge is 2.24. The van der Waals surface area contributed by atoms with Crippen molar-refractivity contribution in [3.63, 3.8) is 0 Å². The third-order valence-electron chi connectivity index (χ3n) is 4.63. The number of morpholine rings is 1. The fourth-order valence-electron chi connectivity index (χ4n) is 3.79. The molecule has 0 radical (unpaired) electrons. The summed E-state index contributed by atoms with van der Waals surface area (Å²) in [6, 6.07) is 4.13.